The maximum atomic E-state index is 6.89. The van der Waals surface area contributed by atoms with Crippen LogP contribution >= 0.6 is 0 Å². The van der Waals surface area contributed by atoms with E-state index in [1.165, 1.54) is 10.4 Å². The smallest absolute Gasteiger partial charge is 0.261 e. The third-order valence-corrected chi connectivity index (χ3v) is 10.7. The average molecular weight is 419 g/mol. The highest BCUT2D eigenvalue weighted by Crippen LogP contribution is 2.36. The van der Waals surface area contributed by atoms with Crippen molar-refractivity contribution in [2.45, 2.75) is 45.5 Å². The molecule has 2 aromatic rings. The van der Waals surface area contributed by atoms with Gasteiger partial charge in [0, 0.05) is 5.57 Å². The minimum atomic E-state index is -2.51. The summed E-state index contributed by atoms with van der Waals surface area (Å²) in [6.07, 6.45) is 3.92. The summed E-state index contributed by atoms with van der Waals surface area (Å²) in [6, 6.07) is 21.4. The molecule has 2 aromatic carbocycles. The Bertz CT molecular complexity index is 849. The molecule has 1 nitrogen and oxygen atoms in total. The number of hydrogen-bond donors (Lipinski definition) is 0. The van der Waals surface area contributed by atoms with Gasteiger partial charge in [0.1, 0.15) is 8.07 Å². The molecule has 0 saturated carbocycles. The van der Waals surface area contributed by atoms with Crippen LogP contribution in [0.1, 0.15) is 20.8 Å². The zero-order valence-electron chi connectivity index (χ0n) is 18.8. The maximum Gasteiger partial charge on any atom is 0.261 e. The maximum absolute atomic E-state index is 6.89. The Labute approximate surface area is 179 Å². The molecule has 0 aliphatic heterocycles. The van der Waals surface area contributed by atoms with Crippen molar-refractivity contribution in [2.24, 2.45) is 0 Å². The van der Waals surface area contributed by atoms with E-state index in [9.17, 15) is 0 Å². The van der Waals surface area contributed by atoms with Gasteiger partial charge in [-0.15, -0.1) is 5.54 Å². The summed E-state index contributed by atoms with van der Waals surface area (Å²) in [5.41, 5.74) is 4.37. The molecule has 152 valence electrons. The van der Waals surface area contributed by atoms with Crippen molar-refractivity contribution in [2.75, 3.05) is 6.61 Å². The molecule has 0 unspecified atom stereocenters. The standard InChI is InChI=1S/C26H34OSi2/c1-8-23(20-22-28(5,6)7)19-21-27-29(26(2,3)4,24-15-11-9-12-16-24)25-17-13-10-14-18-25/h8-19H,1,21H2,2-7H3/b23-19-. The molecular formula is C26H34OSi2. The van der Waals surface area contributed by atoms with Gasteiger partial charge in [0.05, 0.1) is 6.61 Å². The molecule has 0 spiro atoms. The Hall–Kier alpha value is -2.13. The van der Waals surface area contributed by atoms with Crippen LogP contribution in [0.25, 0.3) is 0 Å². The van der Waals surface area contributed by atoms with Gasteiger partial charge in [0.25, 0.3) is 8.32 Å². The number of allylic oxidation sites excluding steroid dienone is 2. The predicted molar refractivity (Wildman–Crippen MR) is 133 cm³/mol. The van der Waals surface area contributed by atoms with Crippen molar-refractivity contribution in [3.63, 3.8) is 0 Å². The summed E-state index contributed by atoms with van der Waals surface area (Å²) in [5, 5.41) is 2.56. The number of benzene rings is 2. The molecule has 0 N–H and O–H groups in total. The van der Waals surface area contributed by atoms with Crippen LogP contribution in [0.2, 0.25) is 24.7 Å². The molecule has 0 saturated heterocycles. The van der Waals surface area contributed by atoms with E-state index in [0.717, 1.165) is 5.57 Å². The molecular weight excluding hydrogens is 384 g/mol. The second kappa shape index (κ2) is 9.58. The molecule has 0 atom stereocenters. The zero-order valence-corrected chi connectivity index (χ0v) is 20.8. The van der Waals surface area contributed by atoms with Crippen LogP contribution in [0.15, 0.2) is 85.0 Å². The van der Waals surface area contributed by atoms with E-state index in [1.54, 1.807) is 0 Å². The summed E-state index contributed by atoms with van der Waals surface area (Å²) in [4.78, 5) is 0. The minimum Gasteiger partial charge on any atom is -0.404 e. The summed E-state index contributed by atoms with van der Waals surface area (Å²) >= 11 is 0. The van der Waals surface area contributed by atoms with Crippen LogP contribution in [0, 0.1) is 11.5 Å². The SMILES string of the molecule is C=C/C(C#C[Si](C)(C)C)=C/CO[Si](c1ccccc1)(c1ccccc1)C(C)(C)C. The van der Waals surface area contributed by atoms with Gasteiger partial charge in [0.15, 0.2) is 0 Å². The van der Waals surface area contributed by atoms with Crippen molar-refractivity contribution in [3.8, 4) is 11.5 Å². The summed E-state index contributed by atoms with van der Waals surface area (Å²) < 4.78 is 6.89. The molecule has 0 bridgehead atoms. The molecule has 0 fully saturated rings. The Balaban J connectivity index is 2.50. The lowest BCUT2D eigenvalue weighted by Crippen LogP contribution is -2.66. The highest BCUT2D eigenvalue weighted by atomic mass is 28.4. The average Bonchev–Trinajstić information content (AvgIpc) is 2.67. The third kappa shape index (κ3) is 5.93. The fourth-order valence-corrected chi connectivity index (χ4v) is 8.47. The van der Waals surface area contributed by atoms with Crippen molar-refractivity contribution in [1.29, 1.82) is 0 Å². The second-order valence-electron chi connectivity index (χ2n) is 9.34. The highest BCUT2D eigenvalue weighted by molar-refractivity contribution is 6.99. The Morgan fingerprint density at radius 3 is 1.79 bits per heavy atom. The van der Waals surface area contributed by atoms with Crippen LogP contribution in [-0.4, -0.2) is 23.0 Å². The lowest BCUT2D eigenvalue weighted by atomic mass is 10.2. The quantitative estimate of drug-likeness (QED) is 0.339. The fraction of sp³-hybridized carbons (Fsp3) is 0.308. The van der Waals surface area contributed by atoms with E-state index < -0.39 is 16.4 Å². The summed E-state index contributed by atoms with van der Waals surface area (Å²) in [6.45, 7) is 18.1. The molecule has 0 amide bonds. The second-order valence-corrected chi connectivity index (χ2v) is 18.4. The van der Waals surface area contributed by atoms with Gasteiger partial charge in [-0.25, -0.2) is 0 Å². The van der Waals surface area contributed by atoms with Gasteiger partial charge in [-0.3, -0.25) is 0 Å². The van der Waals surface area contributed by atoms with Gasteiger partial charge in [-0.05, 0) is 21.5 Å². The van der Waals surface area contributed by atoms with Crippen molar-refractivity contribution in [1.82, 2.24) is 0 Å². The van der Waals surface area contributed by atoms with Crippen LogP contribution in [-0.2, 0) is 4.43 Å². The van der Waals surface area contributed by atoms with Gasteiger partial charge >= 0.3 is 0 Å². The van der Waals surface area contributed by atoms with E-state index >= 15 is 0 Å². The fourth-order valence-electron chi connectivity index (χ4n) is 3.46. The lowest BCUT2D eigenvalue weighted by molar-refractivity contribution is 0.339. The van der Waals surface area contributed by atoms with Gasteiger partial charge in [-0.1, -0.05) is 120 Å². The molecule has 0 aliphatic carbocycles. The zero-order chi connectivity index (χ0) is 21.5. The molecule has 3 heteroatoms. The summed E-state index contributed by atoms with van der Waals surface area (Å²) in [7, 11) is -3.94. The van der Waals surface area contributed by atoms with Gasteiger partial charge in [0.2, 0.25) is 0 Å². The van der Waals surface area contributed by atoms with Crippen molar-refractivity contribution in [3.05, 3.63) is 85.0 Å². The monoisotopic (exact) mass is 418 g/mol. The first-order chi connectivity index (χ1) is 13.6. The van der Waals surface area contributed by atoms with Crippen molar-refractivity contribution >= 4 is 26.8 Å². The van der Waals surface area contributed by atoms with E-state index in [-0.39, 0.29) is 5.04 Å². The van der Waals surface area contributed by atoms with E-state index in [1.807, 2.05) is 6.08 Å². The van der Waals surface area contributed by atoms with Crippen LogP contribution in [0.4, 0.5) is 0 Å². The number of hydrogen-bond acceptors (Lipinski definition) is 1. The third-order valence-electron chi connectivity index (χ3n) is 4.82. The van der Waals surface area contributed by atoms with Crippen molar-refractivity contribution < 1.29 is 4.43 Å². The molecule has 0 aromatic heterocycles. The van der Waals surface area contributed by atoms with Crippen LogP contribution in [0.5, 0.6) is 0 Å². The van der Waals surface area contributed by atoms with E-state index in [2.05, 4.69) is 125 Å². The van der Waals surface area contributed by atoms with Crippen LogP contribution in [0.3, 0.4) is 0 Å². The van der Waals surface area contributed by atoms with E-state index in [0.29, 0.717) is 6.61 Å². The first-order valence-electron chi connectivity index (χ1n) is 10.2. The molecule has 0 radical (unpaired) electrons. The largest absolute Gasteiger partial charge is 0.404 e. The molecule has 0 heterocycles. The topological polar surface area (TPSA) is 9.23 Å². The molecule has 0 aliphatic rings. The minimum absolute atomic E-state index is 0.0259. The Morgan fingerprint density at radius 1 is 0.931 bits per heavy atom. The lowest BCUT2D eigenvalue weighted by Gasteiger charge is -2.42. The summed E-state index contributed by atoms with van der Waals surface area (Å²) in [5.74, 6) is 3.30. The highest BCUT2D eigenvalue weighted by Gasteiger charge is 2.49. The van der Waals surface area contributed by atoms with Crippen LogP contribution < -0.4 is 10.4 Å². The van der Waals surface area contributed by atoms with E-state index in [4.69, 9.17) is 4.43 Å². The normalized spacial score (nSPS) is 12.8. The Morgan fingerprint density at radius 2 is 1.41 bits per heavy atom. The first kappa shape index (κ1) is 23.2. The number of rotatable bonds is 6. The predicted octanol–water partition coefficient (Wildman–Crippen LogP) is 5.56. The van der Waals surface area contributed by atoms with Gasteiger partial charge in [-0.2, -0.15) is 0 Å². The molecule has 29 heavy (non-hydrogen) atoms. The van der Waals surface area contributed by atoms with Gasteiger partial charge < -0.3 is 4.43 Å². The Kier molecular flexibility index (Phi) is 7.65. The first-order valence-corrected chi connectivity index (χ1v) is 15.6. The molecule has 2 rings (SSSR count).